The first-order valence-corrected chi connectivity index (χ1v) is 24.4. The minimum absolute atomic E-state index is 0.0628. The predicted molar refractivity (Wildman–Crippen MR) is 259 cm³/mol. The minimum Gasteiger partial charge on any atom is -0.374 e. The average molecular weight is 939 g/mol. The zero-order valence-corrected chi connectivity index (χ0v) is 39.4. The molecule has 21 heteroatoms. The standard InChI is InChI=1S/C24H28N8O3S.C23H26N8O/c1-16(2)17-9-24(30-26-11-17)29-23-5-4-21-22(28-23)8-18(10-25-21)19-12-27-31(13-19)6-7-35-20-14-32(15-20)36(3,33)34;1-15(2)16-8-23(30-26-10-16)29-22-4-3-20-21(28-22)7-17(9-25-20)18-11-27-31(14-18)5-6-32-19-12-24-13-19/h4-5,8-13,16,20H,6-7,14-15H2,1-3H3,(H,28,29,30);3-4,7-11,14-15,19,24H,5-6,12-13H2,1-2H3,(H,28,29,30). The zero-order chi connectivity index (χ0) is 47.2. The van der Waals surface area contributed by atoms with Gasteiger partial charge in [-0.1, -0.05) is 27.7 Å². The SMILES string of the molecule is CC(C)c1cnnc(Nc2ccc3ncc(-c4cnn(CCOC5CN(S(C)(=O)=O)C5)c4)cc3n2)c1.CC(C)c1cnnc(Nc2ccc3ncc(-c4cnn(CCOC5CNC5)c4)cc3n2)c1. The summed E-state index contributed by atoms with van der Waals surface area (Å²) in [5.74, 6) is 3.42. The Labute approximate surface area is 394 Å². The maximum absolute atomic E-state index is 11.4. The Morgan fingerprint density at radius 3 is 1.54 bits per heavy atom. The van der Waals surface area contributed by atoms with E-state index >= 15 is 0 Å². The molecular formula is C47H54N16O4S. The van der Waals surface area contributed by atoms with Crippen molar-refractivity contribution < 1.29 is 17.9 Å². The van der Waals surface area contributed by atoms with Crippen LogP contribution in [0.1, 0.15) is 50.7 Å². The molecule has 2 saturated heterocycles. The van der Waals surface area contributed by atoms with Crippen LogP contribution >= 0.6 is 0 Å². The van der Waals surface area contributed by atoms with E-state index in [0.717, 1.165) is 75.1 Å². The summed E-state index contributed by atoms with van der Waals surface area (Å²) in [6, 6.07) is 15.6. The molecule has 0 amide bonds. The molecule has 352 valence electrons. The highest BCUT2D eigenvalue weighted by Crippen LogP contribution is 2.26. The highest BCUT2D eigenvalue weighted by atomic mass is 32.2. The third kappa shape index (κ3) is 11.6. The number of sulfonamides is 1. The molecule has 0 radical (unpaired) electrons. The highest BCUT2D eigenvalue weighted by Gasteiger charge is 2.33. The van der Waals surface area contributed by atoms with Gasteiger partial charge in [0, 0.05) is 73.2 Å². The van der Waals surface area contributed by atoms with Gasteiger partial charge in [-0.05, 0) is 71.5 Å². The molecule has 10 rings (SSSR count). The quantitative estimate of drug-likeness (QED) is 0.0958. The number of fused-ring (bicyclic) bond motifs is 2. The molecule has 2 fully saturated rings. The van der Waals surface area contributed by atoms with Crippen molar-refractivity contribution in [2.75, 3.05) is 56.3 Å². The van der Waals surface area contributed by atoms with Crippen LogP contribution in [0.5, 0.6) is 0 Å². The largest absolute Gasteiger partial charge is 0.374 e. The van der Waals surface area contributed by atoms with E-state index in [1.54, 1.807) is 29.5 Å². The molecule has 68 heavy (non-hydrogen) atoms. The van der Waals surface area contributed by atoms with E-state index in [1.807, 2.05) is 78.0 Å². The van der Waals surface area contributed by atoms with Crippen LogP contribution < -0.4 is 16.0 Å². The van der Waals surface area contributed by atoms with E-state index in [2.05, 4.69) is 84.2 Å². The summed E-state index contributed by atoms with van der Waals surface area (Å²) in [6.45, 7) is 13.6. The number of pyridine rings is 4. The summed E-state index contributed by atoms with van der Waals surface area (Å²) in [7, 11) is -3.13. The number of anilines is 4. The number of aromatic nitrogens is 12. The molecule has 0 aromatic carbocycles. The van der Waals surface area contributed by atoms with Crippen LogP contribution in [0.25, 0.3) is 44.3 Å². The Hall–Kier alpha value is -6.91. The summed E-state index contributed by atoms with van der Waals surface area (Å²) in [5.41, 5.74) is 9.19. The Morgan fingerprint density at radius 1 is 0.618 bits per heavy atom. The van der Waals surface area contributed by atoms with Gasteiger partial charge in [0.25, 0.3) is 0 Å². The first-order chi connectivity index (χ1) is 32.9. The van der Waals surface area contributed by atoms with Gasteiger partial charge in [-0.2, -0.15) is 24.7 Å². The van der Waals surface area contributed by atoms with Crippen molar-refractivity contribution in [1.29, 1.82) is 0 Å². The Balaban J connectivity index is 0.000000171. The zero-order valence-electron chi connectivity index (χ0n) is 38.6. The smallest absolute Gasteiger partial charge is 0.211 e. The fourth-order valence-electron chi connectivity index (χ4n) is 7.30. The van der Waals surface area contributed by atoms with Crippen molar-refractivity contribution in [3.05, 3.63) is 109 Å². The lowest BCUT2D eigenvalue weighted by atomic mass is 10.1. The van der Waals surface area contributed by atoms with Gasteiger partial charge in [0.2, 0.25) is 10.0 Å². The van der Waals surface area contributed by atoms with Gasteiger partial charge in [-0.25, -0.2) is 18.4 Å². The van der Waals surface area contributed by atoms with Crippen molar-refractivity contribution in [2.24, 2.45) is 0 Å². The summed E-state index contributed by atoms with van der Waals surface area (Å²) in [6.07, 6.45) is 16.3. The molecule has 3 N–H and O–H groups in total. The molecule has 0 bridgehead atoms. The van der Waals surface area contributed by atoms with Crippen molar-refractivity contribution in [3.63, 3.8) is 0 Å². The number of ether oxygens (including phenoxy) is 2. The number of hydrogen-bond acceptors (Lipinski definition) is 17. The van der Waals surface area contributed by atoms with Gasteiger partial charge < -0.3 is 25.4 Å². The molecule has 10 heterocycles. The predicted octanol–water partition coefficient (Wildman–Crippen LogP) is 5.95. The van der Waals surface area contributed by atoms with E-state index in [1.165, 1.54) is 10.6 Å². The van der Waals surface area contributed by atoms with Crippen LogP contribution in [0.3, 0.4) is 0 Å². The second kappa shape index (κ2) is 20.5. The molecule has 20 nitrogen and oxygen atoms in total. The summed E-state index contributed by atoms with van der Waals surface area (Å²) >= 11 is 0. The van der Waals surface area contributed by atoms with E-state index in [9.17, 15) is 8.42 Å². The number of nitrogens with zero attached hydrogens (tertiary/aromatic N) is 13. The van der Waals surface area contributed by atoms with Crippen LogP contribution in [0, 0.1) is 0 Å². The van der Waals surface area contributed by atoms with Gasteiger partial charge >= 0.3 is 0 Å². The second-order valence-corrected chi connectivity index (χ2v) is 19.4. The Kier molecular flexibility index (Phi) is 14.0. The van der Waals surface area contributed by atoms with E-state index in [-0.39, 0.29) is 6.10 Å². The lowest BCUT2D eigenvalue weighted by Crippen LogP contribution is -2.54. The lowest BCUT2D eigenvalue weighted by molar-refractivity contribution is -0.0233. The van der Waals surface area contributed by atoms with Gasteiger partial charge in [0.05, 0.1) is 91.6 Å². The number of hydrogen-bond donors (Lipinski definition) is 3. The topological polar surface area (TPSA) is 231 Å². The van der Waals surface area contributed by atoms with Crippen LogP contribution in [0.15, 0.2) is 98.1 Å². The van der Waals surface area contributed by atoms with E-state index in [0.29, 0.717) is 74.1 Å². The van der Waals surface area contributed by atoms with Crippen molar-refractivity contribution in [1.82, 2.24) is 69.5 Å². The molecular weight excluding hydrogens is 885 g/mol. The van der Waals surface area contributed by atoms with Crippen LogP contribution in [0.2, 0.25) is 0 Å². The number of rotatable bonds is 17. The van der Waals surface area contributed by atoms with E-state index in [4.69, 9.17) is 19.4 Å². The van der Waals surface area contributed by atoms with Crippen molar-refractivity contribution in [3.8, 4) is 22.3 Å². The molecule has 0 spiro atoms. The fraction of sp³-hybridized carbons (Fsp3) is 0.362. The first kappa shape index (κ1) is 46.2. The van der Waals surface area contributed by atoms with Gasteiger partial charge in [0.1, 0.15) is 11.6 Å². The molecule has 8 aromatic rings. The summed E-state index contributed by atoms with van der Waals surface area (Å²) in [5, 5.41) is 35.0. The van der Waals surface area contributed by atoms with Crippen molar-refractivity contribution in [2.45, 2.75) is 64.8 Å². The van der Waals surface area contributed by atoms with Gasteiger partial charge in [0.15, 0.2) is 11.6 Å². The van der Waals surface area contributed by atoms with Crippen LogP contribution in [-0.2, 0) is 32.6 Å². The molecule has 2 aliphatic heterocycles. The molecule has 8 aromatic heterocycles. The van der Waals surface area contributed by atoms with Crippen molar-refractivity contribution >= 4 is 55.4 Å². The lowest BCUT2D eigenvalue weighted by Gasteiger charge is -2.36. The number of nitrogens with one attached hydrogen (secondary N) is 3. The maximum atomic E-state index is 11.4. The molecule has 2 aliphatic rings. The monoisotopic (exact) mass is 938 g/mol. The summed E-state index contributed by atoms with van der Waals surface area (Å²) < 4.78 is 39.5. The molecule has 0 atom stereocenters. The Morgan fingerprint density at radius 2 is 1.10 bits per heavy atom. The maximum Gasteiger partial charge on any atom is 0.211 e. The summed E-state index contributed by atoms with van der Waals surface area (Å²) in [4.78, 5) is 18.6. The Bertz CT molecular complexity index is 3110. The molecule has 0 saturated carbocycles. The highest BCUT2D eigenvalue weighted by molar-refractivity contribution is 7.88. The van der Waals surface area contributed by atoms with Gasteiger partial charge in [-0.15, -0.1) is 10.2 Å². The molecule has 0 unspecified atom stereocenters. The third-order valence-corrected chi connectivity index (χ3v) is 12.8. The van der Waals surface area contributed by atoms with Crippen LogP contribution in [0.4, 0.5) is 23.3 Å². The second-order valence-electron chi connectivity index (χ2n) is 17.4. The average Bonchev–Trinajstić information content (AvgIpc) is 3.98. The minimum atomic E-state index is -3.13. The molecule has 0 aliphatic carbocycles. The first-order valence-electron chi connectivity index (χ1n) is 22.6. The third-order valence-electron chi connectivity index (χ3n) is 11.6. The normalized spacial score (nSPS) is 14.5. The van der Waals surface area contributed by atoms with Gasteiger partial charge in [-0.3, -0.25) is 19.3 Å². The van der Waals surface area contributed by atoms with Crippen LogP contribution in [-0.4, -0.2) is 130 Å². The fourth-order valence-corrected chi connectivity index (χ4v) is 8.17. The van der Waals surface area contributed by atoms with E-state index < -0.39 is 10.0 Å².